The van der Waals surface area contributed by atoms with E-state index >= 15 is 0 Å². The van der Waals surface area contributed by atoms with Gasteiger partial charge >= 0.3 is 0 Å². The van der Waals surface area contributed by atoms with Crippen LogP contribution in [0.4, 0.5) is 5.69 Å². The lowest BCUT2D eigenvalue weighted by Crippen LogP contribution is -2.39. The van der Waals surface area contributed by atoms with E-state index in [0.717, 1.165) is 53.9 Å². The van der Waals surface area contributed by atoms with Crippen LogP contribution in [-0.4, -0.2) is 47.7 Å². The van der Waals surface area contributed by atoms with Crippen molar-refractivity contribution in [3.05, 3.63) is 65.9 Å². The fraction of sp³-hybridized carbons (Fsp3) is 0.348. The molecule has 4 rings (SSSR count). The van der Waals surface area contributed by atoms with Crippen LogP contribution in [0, 0.1) is 0 Å². The van der Waals surface area contributed by atoms with Gasteiger partial charge in [0.2, 0.25) is 0 Å². The maximum Gasteiger partial charge on any atom is 0.179 e. The Hall–Kier alpha value is -2.15. The highest BCUT2D eigenvalue weighted by molar-refractivity contribution is 9.06. The van der Waals surface area contributed by atoms with Crippen LogP contribution in [0.3, 0.4) is 0 Å². The Bertz CT molecular complexity index is 1010. The molecule has 1 aliphatic rings. The number of nitrogens with zero attached hydrogens (tertiary/aromatic N) is 3. The third-order valence-electron chi connectivity index (χ3n) is 5.91. The summed E-state index contributed by atoms with van der Waals surface area (Å²) < 4.78 is 5.47. The van der Waals surface area contributed by atoms with E-state index in [-0.39, 0.29) is 0 Å². The highest BCUT2D eigenvalue weighted by Crippen LogP contribution is 2.48. The maximum atomic E-state index is 11.9. The Morgan fingerprint density at radius 3 is 2.72 bits per heavy atom. The number of anilines is 1. The minimum absolute atomic E-state index is 0.469. The van der Waals surface area contributed by atoms with Crippen LogP contribution < -0.4 is 8.73 Å². The number of hydrogen-bond donors (Lipinski definition) is 1. The lowest BCUT2D eigenvalue weighted by molar-refractivity contribution is 0.0961. The SMILES string of the molecule is CCN(CC)CCN1CC(O)(c2cnc3ccccc3c2)c2c(OBr)cccc21. The molecule has 0 fully saturated rings. The standard InChI is InChI=1S/C23H26BrN3O2/c1-3-26(4-2)12-13-27-16-23(28,22-20(27)10-7-11-21(22)29-24)18-14-17-8-5-6-9-19(17)25-15-18/h5-11,14-15,28H,3-4,12-13,16H2,1-2H3. The summed E-state index contributed by atoms with van der Waals surface area (Å²) in [6.45, 7) is 8.63. The molecule has 2 aromatic carbocycles. The van der Waals surface area contributed by atoms with Crippen molar-refractivity contribution in [2.75, 3.05) is 37.6 Å². The number of aliphatic hydroxyl groups is 1. The van der Waals surface area contributed by atoms with Gasteiger partial charge in [0.05, 0.1) is 17.6 Å². The molecule has 3 aromatic rings. The highest BCUT2D eigenvalue weighted by atomic mass is 79.9. The smallest absolute Gasteiger partial charge is 0.179 e. The average Bonchev–Trinajstić information content (AvgIpc) is 3.07. The number of benzene rings is 2. The van der Waals surface area contributed by atoms with Crippen LogP contribution in [0.15, 0.2) is 54.7 Å². The molecule has 0 spiro atoms. The molecule has 5 nitrogen and oxygen atoms in total. The second kappa shape index (κ2) is 8.30. The van der Waals surface area contributed by atoms with E-state index in [0.29, 0.717) is 12.3 Å². The van der Waals surface area contributed by atoms with Gasteiger partial charge in [-0.25, -0.2) is 0 Å². The van der Waals surface area contributed by atoms with Gasteiger partial charge in [0.15, 0.2) is 16.3 Å². The van der Waals surface area contributed by atoms with Gasteiger partial charge in [0.25, 0.3) is 0 Å². The first-order chi connectivity index (χ1) is 14.1. The van der Waals surface area contributed by atoms with E-state index in [1.165, 1.54) is 0 Å². The zero-order chi connectivity index (χ0) is 20.4. The quantitative estimate of drug-likeness (QED) is 0.574. The minimum atomic E-state index is -1.19. The molecule has 0 bridgehead atoms. The lowest BCUT2D eigenvalue weighted by Gasteiger charge is -2.27. The number of pyridine rings is 1. The zero-order valence-corrected chi connectivity index (χ0v) is 18.4. The van der Waals surface area contributed by atoms with Gasteiger partial charge in [0.1, 0.15) is 11.4 Å². The van der Waals surface area contributed by atoms with Gasteiger partial charge in [-0.3, -0.25) is 4.98 Å². The summed E-state index contributed by atoms with van der Waals surface area (Å²) in [4.78, 5) is 9.22. The molecule has 29 heavy (non-hydrogen) atoms. The monoisotopic (exact) mass is 455 g/mol. The normalized spacial score (nSPS) is 18.4. The molecule has 0 aliphatic carbocycles. The molecule has 6 heteroatoms. The van der Waals surface area contributed by atoms with Crippen molar-refractivity contribution in [2.24, 2.45) is 0 Å². The Kier molecular flexibility index (Phi) is 5.76. The number of fused-ring (bicyclic) bond motifs is 2. The van der Waals surface area contributed by atoms with Crippen LogP contribution in [0.2, 0.25) is 0 Å². The third kappa shape index (κ3) is 3.61. The van der Waals surface area contributed by atoms with Gasteiger partial charge in [0, 0.05) is 35.9 Å². The van der Waals surface area contributed by atoms with Crippen LogP contribution in [-0.2, 0) is 5.60 Å². The molecule has 1 aromatic heterocycles. The summed E-state index contributed by atoms with van der Waals surface area (Å²) in [6.07, 6.45) is 1.78. The van der Waals surface area contributed by atoms with Crippen molar-refractivity contribution >= 4 is 32.8 Å². The molecule has 0 radical (unpaired) electrons. The van der Waals surface area contributed by atoms with Crippen molar-refractivity contribution < 1.29 is 8.93 Å². The summed E-state index contributed by atoms with van der Waals surface area (Å²) >= 11 is 3.13. The van der Waals surface area contributed by atoms with Crippen LogP contribution in [0.1, 0.15) is 25.0 Å². The van der Waals surface area contributed by atoms with Crippen molar-refractivity contribution in [2.45, 2.75) is 19.4 Å². The molecular formula is C23H26BrN3O2. The molecule has 0 saturated carbocycles. The van der Waals surface area contributed by atoms with E-state index in [1.54, 1.807) is 6.20 Å². The van der Waals surface area contributed by atoms with E-state index in [1.807, 2.05) is 42.5 Å². The van der Waals surface area contributed by atoms with E-state index in [9.17, 15) is 5.11 Å². The number of para-hydroxylation sites is 1. The van der Waals surface area contributed by atoms with Crippen LogP contribution >= 0.6 is 16.3 Å². The number of likely N-dealkylation sites (N-methyl/N-ethyl adjacent to an activating group) is 1. The Balaban J connectivity index is 1.77. The predicted molar refractivity (Wildman–Crippen MR) is 121 cm³/mol. The molecule has 1 N–H and O–H groups in total. The van der Waals surface area contributed by atoms with Gasteiger partial charge in [-0.05, 0) is 37.4 Å². The lowest BCUT2D eigenvalue weighted by atomic mass is 9.88. The van der Waals surface area contributed by atoms with Crippen molar-refractivity contribution in [3.8, 4) is 5.75 Å². The van der Waals surface area contributed by atoms with Gasteiger partial charge in [-0.2, -0.15) is 0 Å². The summed E-state index contributed by atoms with van der Waals surface area (Å²) in [5.41, 5.74) is 2.29. The topological polar surface area (TPSA) is 48.8 Å². The number of hydrogen-bond acceptors (Lipinski definition) is 5. The number of β-amino-alcohol motifs (C(OH)–C–C–N with tert-alkyl or cyclic N) is 1. The van der Waals surface area contributed by atoms with E-state index < -0.39 is 5.60 Å². The Morgan fingerprint density at radius 1 is 1.17 bits per heavy atom. The number of rotatable bonds is 7. The fourth-order valence-electron chi connectivity index (χ4n) is 4.24. The van der Waals surface area contributed by atoms with Gasteiger partial charge in [-0.1, -0.05) is 38.1 Å². The maximum absolute atomic E-state index is 11.9. The predicted octanol–water partition coefficient (Wildman–Crippen LogP) is 4.32. The average molecular weight is 456 g/mol. The summed E-state index contributed by atoms with van der Waals surface area (Å²) in [5.74, 6) is 0.628. The van der Waals surface area contributed by atoms with Crippen molar-refractivity contribution in [1.82, 2.24) is 9.88 Å². The molecule has 1 atom stereocenters. The van der Waals surface area contributed by atoms with Gasteiger partial charge < -0.3 is 18.7 Å². The first-order valence-electron chi connectivity index (χ1n) is 10.1. The minimum Gasteiger partial charge on any atom is -0.418 e. The molecule has 0 amide bonds. The number of aromatic nitrogens is 1. The largest absolute Gasteiger partial charge is 0.418 e. The van der Waals surface area contributed by atoms with Crippen LogP contribution in [0.25, 0.3) is 10.9 Å². The Labute approximate surface area is 180 Å². The highest BCUT2D eigenvalue weighted by Gasteiger charge is 2.45. The first kappa shape index (κ1) is 20.1. The Morgan fingerprint density at radius 2 is 1.97 bits per heavy atom. The summed E-state index contributed by atoms with van der Waals surface area (Å²) in [5, 5.41) is 13.0. The first-order valence-corrected chi connectivity index (χ1v) is 10.7. The second-order valence-electron chi connectivity index (χ2n) is 7.45. The number of halogens is 1. The molecule has 2 heterocycles. The molecule has 0 saturated heterocycles. The third-order valence-corrected chi connectivity index (χ3v) is 6.26. The molecule has 1 unspecified atom stereocenters. The van der Waals surface area contributed by atoms with Crippen LogP contribution in [0.5, 0.6) is 5.75 Å². The summed E-state index contributed by atoms with van der Waals surface area (Å²) in [6, 6.07) is 15.9. The van der Waals surface area contributed by atoms with E-state index in [4.69, 9.17) is 3.83 Å². The fourth-order valence-corrected chi connectivity index (χ4v) is 4.51. The van der Waals surface area contributed by atoms with Crippen molar-refractivity contribution in [3.63, 3.8) is 0 Å². The summed E-state index contributed by atoms with van der Waals surface area (Å²) in [7, 11) is 0. The molecule has 152 valence electrons. The zero-order valence-electron chi connectivity index (χ0n) is 16.8. The molecular weight excluding hydrogens is 430 g/mol. The second-order valence-corrected chi connectivity index (χ2v) is 7.78. The van der Waals surface area contributed by atoms with Crippen molar-refractivity contribution in [1.29, 1.82) is 0 Å². The van der Waals surface area contributed by atoms with Gasteiger partial charge in [-0.15, -0.1) is 0 Å². The molecule has 1 aliphatic heterocycles. The van der Waals surface area contributed by atoms with E-state index in [2.05, 4.69) is 51.0 Å².